The summed E-state index contributed by atoms with van der Waals surface area (Å²) in [6.45, 7) is 6.30. The number of urea groups is 1. The first-order valence-corrected chi connectivity index (χ1v) is 10.1. The maximum absolute atomic E-state index is 12.5. The van der Waals surface area contributed by atoms with Crippen molar-refractivity contribution in [3.63, 3.8) is 0 Å². The van der Waals surface area contributed by atoms with Gasteiger partial charge in [0.15, 0.2) is 0 Å². The van der Waals surface area contributed by atoms with Crippen LogP contribution >= 0.6 is 0 Å². The molecule has 0 saturated carbocycles. The average Bonchev–Trinajstić information content (AvgIpc) is 3.18. The molecule has 2 fully saturated rings. The van der Waals surface area contributed by atoms with Crippen LogP contribution < -0.4 is 10.1 Å². The summed E-state index contributed by atoms with van der Waals surface area (Å²) in [5.74, 6) is 1.98. The highest BCUT2D eigenvalue weighted by Gasteiger charge is 2.27. The number of amides is 2. The van der Waals surface area contributed by atoms with Crippen molar-refractivity contribution in [3.05, 3.63) is 29.8 Å². The van der Waals surface area contributed by atoms with E-state index in [1.807, 2.05) is 17.0 Å². The maximum Gasteiger partial charge on any atom is 0.317 e. The summed E-state index contributed by atoms with van der Waals surface area (Å²) in [5, 5.41) is 3.15. The van der Waals surface area contributed by atoms with Gasteiger partial charge >= 0.3 is 6.03 Å². The number of likely N-dealkylation sites (tertiary alicyclic amines) is 2. The highest BCUT2D eigenvalue weighted by molar-refractivity contribution is 5.74. The van der Waals surface area contributed by atoms with Gasteiger partial charge in [0.2, 0.25) is 0 Å². The standard InChI is InChI=1S/C21H33N3O3/c1-26-14-13-23-10-7-17(16-23)15-22-21(25)24-11-8-18(9-12-24)19-5-3-4-6-20(19)27-2/h3-6,17-18H,7-16H2,1-2H3,(H,22,25). The summed E-state index contributed by atoms with van der Waals surface area (Å²) in [4.78, 5) is 16.9. The Kier molecular flexibility index (Phi) is 7.35. The normalized spacial score (nSPS) is 21.4. The Morgan fingerprint density at radius 1 is 1.15 bits per heavy atom. The number of benzene rings is 1. The van der Waals surface area contributed by atoms with Gasteiger partial charge in [-0.25, -0.2) is 4.79 Å². The van der Waals surface area contributed by atoms with Gasteiger partial charge in [0, 0.05) is 39.8 Å². The molecule has 0 aromatic heterocycles. The van der Waals surface area contributed by atoms with E-state index in [1.54, 1.807) is 14.2 Å². The molecule has 1 atom stereocenters. The van der Waals surface area contributed by atoms with Crippen molar-refractivity contribution < 1.29 is 14.3 Å². The first-order chi connectivity index (χ1) is 13.2. The van der Waals surface area contributed by atoms with Crippen LogP contribution in [0.15, 0.2) is 24.3 Å². The number of methoxy groups -OCH3 is 2. The van der Waals surface area contributed by atoms with Crippen molar-refractivity contribution in [2.75, 3.05) is 60.1 Å². The van der Waals surface area contributed by atoms with Gasteiger partial charge in [-0.15, -0.1) is 0 Å². The lowest BCUT2D eigenvalue weighted by molar-refractivity contribution is 0.158. The first kappa shape index (κ1) is 20.0. The minimum Gasteiger partial charge on any atom is -0.496 e. The molecule has 1 N–H and O–H groups in total. The summed E-state index contributed by atoms with van der Waals surface area (Å²) >= 11 is 0. The van der Waals surface area contributed by atoms with Crippen LogP contribution in [0.25, 0.3) is 0 Å². The van der Waals surface area contributed by atoms with Gasteiger partial charge in [-0.3, -0.25) is 0 Å². The number of piperidine rings is 1. The number of rotatable bonds is 7. The second-order valence-corrected chi connectivity index (χ2v) is 7.64. The molecule has 150 valence electrons. The number of ether oxygens (including phenoxy) is 2. The third-order valence-corrected chi connectivity index (χ3v) is 5.88. The molecular formula is C21H33N3O3. The van der Waals surface area contributed by atoms with Gasteiger partial charge in [0.1, 0.15) is 5.75 Å². The van der Waals surface area contributed by atoms with Gasteiger partial charge in [0.25, 0.3) is 0 Å². The number of carbonyl (C=O) groups is 1. The average molecular weight is 376 g/mol. The van der Waals surface area contributed by atoms with Crippen molar-refractivity contribution >= 4 is 6.03 Å². The van der Waals surface area contributed by atoms with E-state index in [0.717, 1.165) is 70.9 Å². The molecule has 0 spiro atoms. The molecule has 1 aromatic carbocycles. The van der Waals surface area contributed by atoms with Gasteiger partial charge in [-0.05, 0) is 49.3 Å². The van der Waals surface area contributed by atoms with Crippen LogP contribution in [0.2, 0.25) is 0 Å². The summed E-state index contributed by atoms with van der Waals surface area (Å²) in [6.07, 6.45) is 3.13. The first-order valence-electron chi connectivity index (χ1n) is 10.1. The van der Waals surface area contributed by atoms with Gasteiger partial charge in [0.05, 0.1) is 13.7 Å². The van der Waals surface area contributed by atoms with E-state index in [9.17, 15) is 4.79 Å². The molecule has 0 aliphatic carbocycles. The molecule has 2 aliphatic rings. The van der Waals surface area contributed by atoms with E-state index in [2.05, 4.69) is 22.3 Å². The van der Waals surface area contributed by atoms with Crippen LogP contribution in [-0.2, 0) is 4.74 Å². The number of hydrogen-bond acceptors (Lipinski definition) is 4. The van der Waals surface area contributed by atoms with Crippen LogP contribution in [0.3, 0.4) is 0 Å². The van der Waals surface area contributed by atoms with Crippen molar-refractivity contribution in [3.8, 4) is 5.75 Å². The summed E-state index contributed by atoms with van der Waals surface area (Å²) in [6, 6.07) is 8.32. The lowest BCUT2D eigenvalue weighted by atomic mass is 9.89. The Bertz CT molecular complexity index is 602. The Morgan fingerprint density at radius 2 is 1.93 bits per heavy atom. The Balaban J connectivity index is 1.40. The molecule has 0 radical (unpaired) electrons. The fraction of sp³-hybridized carbons (Fsp3) is 0.667. The van der Waals surface area contributed by atoms with E-state index in [0.29, 0.717) is 11.8 Å². The van der Waals surface area contributed by atoms with E-state index in [-0.39, 0.29) is 6.03 Å². The largest absolute Gasteiger partial charge is 0.496 e. The van der Waals surface area contributed by atoms with Crippen LogP contribution in [0.4, 0.5) is 4.79 Å². The minimum absolute atomic E-state index is 0.0869. The van der Waals surface area contributed by atoms with Crippen LogP contribution in [0.5, 0.6) is 5.75 Å². The van der Waals surface area contributed by atoms with Crippen molar-refractivity contribution in [2.45, 2.75) is 25.2 Å². The minimum atomic E-state index is 0.0869. The maximum atomic E-state index is 12.5. The quantitative estimate of drug-likeness (QED) is 0.796. The Morgan fingerprint density at radius 3 is 2.67 bits per heavy atom. The number of nitrogens with zero attached hydrogens (tertiary/aromatic N) is 2. The molecule has 2 aliphatic heterocycles. The number of nitrogens with one attached hydrogen (secondary N) is 1. The van der Waals surface area contributed by atoms with E-state index < -0.39 is 0 Å². The molecule has 6 nitrogen and oxygen atoms in total. The zero-order chi connectivity index (χ0) is 19.1. The number of para-hydroxylation sites is 1. The van der Waals surface area contributed by atoms with Crippen LogP contribution in [-0.4, -0.2) is 75.9 Å². The van der Waals surface area contributed by atoms with Crippen LogP contribution in [0.1, 0.15) is 30.7 Å². The van der Waals surface area contributed by atoms with E-state index in [1.165, 1.54) is 5.56 Å². The molecule has 0 bridgehead atoms. The predicted octanol–water partition coefficient (Wildman–Crippen LogP) is 2.55. The molecule has 2 saturated heterocycles. The number of hydrogen-bond donors (Lipinski definition) is 1. The lowest BCUT2D eigenvalue weighted by Crippen LogP contribution is -2.45. The van der Waals surface area contributed by atoms with Crippen LogP contribution in [0, 0.1) is 5.92 Å². The second kappa shape index (κ2) is 9.95. The fourth-order valence-corrected chi connectivity index (χ4v) is 4.24. The third-order valence-electron chi connectivity index (χ3n) is 5.88. The second-order valence-electron chi connectivity index (χ2n) is 7.64. The predicted molar refractivity (Wildman–Crippen MR) is 106 cm³/mol. The molecule has 2 heterocycles. The molecule has 3 rings (SSSR count). The topological polar surface area (TPSA) is 54.0 Å². The highest BCUT2D eigenvalue weighted by Crippen LogP contribution is 2.33. The SMILES string of the molecule is COCCN1CCC(CNC(=O)N2CCC(c3ccccc3OC)CC2)C1. The fourth-order valence-electron chi connectivity index (χ4n) is 4.24. The van der Waals surface area contributed by atoms with E-state index in [4.69, 9.17) is 9.47 Å². The van der Waals surface area contributed by atoms with Gasteiger partial charge in [-0.1, -0.05) is 18.2 Å². The number of carbonyl (C=O) groups excluding carboxylic acids is 1. The third kappa shape index (κ3) is 5.36. The Hall–Kier alpha value is -1.79. The Labute approximate surface area is 162 Å². The molecule has 2 amide bonds. The summed E-state index contributed by atoms with van der Waals surface area (Å²) < 4.78 is 10.6. The molecular weight excluding hydrogens is 342 g/mol. The summed E-state index contributed by atoms with van der Waals surface area (Å²) in [5.41, 5.74) is 1.27. The zero-order valence-electron chi connectivity index (χ0n) is 16.7. The highest BCUT2D eigenvalue weighted by atomic mass is 16.5. The van der Waals surface area contributed by atoms with Gasteiger partial charge < -0.3 is 24.6 Å². The van der Waals surface area contributed by atoms with E-state index >= 15 is 0 Å². The monoisotopic (exact) mass is 375 g/mol. The smallest absolute Gasteiger partial charge is 0.317 e. The van der Waals surface area contributed by atoms with Crippen molar-refractivity contribution in [1.82, 2.24) is 15.1 Å². The lowest BCUT2D eigenvalue weighted by Gasteiger charge is -2.33. The van der Waals surface area contributed by atoms with Crippen molar-refractivity contribution in [2.24, 2.45) is 5.92 Å². The zero-order valence-corrected chi connectivity index (χ0v) is 16.7. The molecule has 6 heteroatoms. The molecule has 27 heavy (non-hydrogen) atoms. The van der Waals surface area contributed by atoms with Crippen molar-refractivity contribution in [1.29, 1.82) is 0 Å². The molecule has 1 aromatic rings. The summed E-state index contributed by atoms with van der Waals surface area (Å²) in [7, 11) is 3.46. The molecule has 1 unspecified atom stereocenters. The van der Waals surface area contributed by atoms with Gasteiger partial charge in [-0.2, -0.15) is 0 Å².